The second-order valence-corrected chi connectivity index (χ2v) is 6.60. The van der Waals surface area contributed by atoms with Gasteiger partial charge >= 0.3 is 6.09 Å². The molecule has 7 heteroatoms. The molecule has 0 bridgehead atoms. The molecule has 0 fully saturated rings. The van der Waals surface area contributed by atoms with Crippen molar-refractivity contribution in [2.45, 2.75) is 65.0 Å². The van der Waals surface area contributed by atoms with E-state index in [1.807, 2.05) is 0 Å². The summed E-state index contributed by atoms with van der Waals surface area (Å²) in [6, 6.07) is -0.868. The van der Waals surface area contributed by atoms with E-state index in [4.69, 9.17) is 10.5 Å². The Bertz CT molecular complexity index is 444. The first-order chi connectivity index (χ1) is 11.1. The smallest absolute Gasteiger partial charge is 0.408 e. The molecule has 0 aliphatic carbocycles. The summed E-state index contributed by atoms with van der Waals surface area (Å²) in [5.74, 6) is -0.957. The van der Waals surface area contributed by atoms with Crippen molar-refractivity contribution in [2.24, 2.45) is 5.73 Å². The standard InChI is InChI=1S/C17H31N3O4/c1-6-14(21)20(12-10-8-7-9-11-18)15(22)13(2)19-16(23)24-17(3,4)5/h6,13H,1,7-12,18H2,2-5H3,(H,19,23)/t13-/m0/s1. The second-order valence-electron chi connectivity index (χ2n) is 6.60. The number of nitrogens with one attached hydrogen (secondary N) is 1. The Kier molecular flexibility index (Phi) is 9.95. The Balaban J connectivity index is 4.65. The van der Waals surface area contributed by atoms with Gasteiger partial charge in [0, 0.05) is 6.54 Å². The number of carbonyl (C=O) groups is 3. The highest BCUT2D eigenvalue weighted by molar-refractivity contribution is 6.03. The molecule has 0 heterocycles. The molecule has 138 valence electrons. The largest absolute Gasteiger partial charge is 0.444 e. The highest BCUT2D eigenvalue weighted by Gasteiger charge is 2.27. The zero-order valence-electron chi connectivity index (χ0n) is 15.3. The summed E-state index contributed by atoms with van der Waals surface area (Å²) >= 11 is 0. The third-order valence-electron chi connectivity index (χ3n) is 3.15. The third kappa shape index (κ3) is 9.29. The van der Waals surface area contributed by atoms with E-state index in [1.165, 1.54) is 6.92 Å². The molecule has 24 heavy (non-hydrogen) atoms. The van der Waals surface area contributed by atoms with Gasteiger partial charge in [-0.15, -0.1) is 0 Å². The average Bonchev–Trinajstić information content (AvgIpc) is 2.47. The number of amides is 3. The van der Waals surface area contributed by atoms with Gasteiger partial charge < -0.3 is 15.8 Å². The maximum atomic E-state index is 12.4. The number of nitrogens with zero attached hydrogens (tertiary/aromatic N) is 1. The van der Waals surface area contributed by atoms with E-state index in [-0.39, 0.29) is 6.54 Å². The molecule has 0 saturated heterocycles. The molecule has 7 nitrogen and oxygen atoms in total. The minimum absolute atomic E-state index is 0.286. The van der Waals surface area contributed by atoms with Crippen LogP contribution in [0.15, 0.2) is 12.7 Å². The van der Waals surface area contributed by atoms with Gasteiger partial charge in [0.05, 0.1) is 0 Å². The first-order valence-corrected chi connectivity index (χ1v) is 8.29. The number of hydrogen-bond acceptors (Lipinski definition) is 5. The number of unbranched alkanes of at least 4 members (excludes halogenated alkanes) is 3. The van der Waals surface area contributed by atoms with E-state index >= 15 is 0 Å². The molecule has 0 aromatic carbocycles. The van der Waals surface area contributed by atoms with Gasteiger partial charge in [-0.05, 0) is 53.2 Å². The summed E-state index contributed by atoms with van der Waals surface area (Å²) < 4.78 is 5.11. The quantitative estimate of drug-likeness (QED) is 0.493. The molecule has 1 atom stereocenters. The molecule has 0 unspecified atom stereocenters. The van der Waals surface area contributed by atoms with Crippen molar-refractivity contribution in [1.29, 1.82) is 0 Å². The van der Waals surface area contributed by atoms with Crippen LogP contribution in [0.25, 0.3) is 0 Å². The Labute approximate surface area is 144 Å². The van der Waals surface area contributed by atoms with Crippen molar-refractivity contribution < 1.29 is 19.1 Å². The van der Waals surface area contributed by atoms with Gasteiger partial charge in [0.15, 0.2) is 0 Å². The first-order valence-electron chi connectivity index (χ1n) is 8.29. The number of hydrogen-bond donors (Lipinski definition) is 2. The van der Waals surface area contributed by atoms with Crippen LogP contribution in [0.5, 0.6) is 0 Å². The van der Waals surface area contributed by atoms with Crippen LogP contribution in [-0.4, -0.2) is 47.5 Å². The molecule has 0 radical (unpaired) electrons. The number of ether oxygens (including phenoxy) is 1. The van der Waals surface area contributed by atoms with Crippen molar-refractivity contribution in [3.8, 4) is 0 Å². The Hall–Kier alpha value is -1.89. The van der Waals surface area contributed by atoms with Crippen molar-refractivity contribution in [1.82, 2.24) is 10.2 Å². The van der Waals surface area contributed by atoms with E-state index in [0.29, 0.717) is 13.0 Å². The van der Waals surface area contributed by atoms with E-state index in [1.54, 1.807) is 20.8 Å². The predicted octanol–water partition coefficient (Wildman–Crippen LogP) is 1.96. The summed E-state index contributed by atoms with van der Waals surface area (Å²) in [6.45, 7) is 11.0. The van der Waals surface area contributed by atoms with Crippen LogP contribution in [0.2, 0.25) is 0 Å². The van der Waals surface area contributed by atoms with E-state index in [0.717, 1.165) is 30.2 Å². The lowest BCUT2D eigenvalue weighted by molar-refractivity contribution is -0.143. The highest BCUT2D eigenvalue weighted by Crippen LogP contribution is 2.08. The van der Waals surface area contributed by atoms with Crippen LogP contribution in [0.3, 0.4) is 0 Å². The van der Waals surface area contributed by atoms with Gasteiger partial charge in [-0.3, -0.25) is 14.5 Å². The topological polar surface area (TPSA) is 102 Å². The molecule has 3 N–H and O–H groups in total. The van der Waals surface area contributed by atoms with Gasteiger partial charge in [-0.25, -0.2) is 4.79 Å². The minimum atomic E-state index is -0.868. The molecule has 3 amide bonds. The third-order valence-corrected chi connectivity index (χ3v) is 3.15. The molecule has 0 aromatic heterocycles. The summed E-state index contributed by atoms with van der Waals surface area (Å²) in [6.07, 6.45) is 3.83. The molecule has 0 aliphatic heterocycles. The summed E-state index contributed by atoms with van der Waals surface area (Å²) in [4.78, 5) is 37.2. The SMILES string of the molecule is C=CC(=O)N(CCCCCCN)C(=O)[C@H](C)NC(=O)OC(C)(C)C. The number of carbonyl (C=O) groups excluding carboxylic acids is 3. The molecular weight excluding hydrogens is 310 g/mol. The van der Waals surface area contributed by atoms with E-state index in [9.17, 15) is 14.4 Å². The molecule has 0 rings (SSSR count). The Morgan fingerprint density at radius 2 is 1.79 bits per heavy atom. The van der Waals surface area contributed by atoms with Crippen LogP contribution in [-0.2, 0) is 14.3 Å². The van der Waals surface area contributed by atoms with Crippen LogP contribution in [0.1, 0.15) is 53.4 Å². The number of rotatable bonds is 9. The van der Waals surface area contributed by atoms with Gasteiger partial charge in [-0.1, -0.05) is 19.4 Å². The normalized spacial score (nSPS) is 12.2. The second kappa shape index (κ2) is 10.8. The zero-order valence-corrected chi connectivity index (χ0v) is 15.3. The van der Waals surface area contributed by atoms with Crippen LogP contribution < -0.4 is 11.1 Å². The fraction of sp³-hybridized carbons (Fsp3) is 0.706. The summed E-state index contributed by atoms with van der Waals surface area (Å²) in [5.41, 5.74) is 4.77. The lowest BCUT2D eigenvalue weighted by Gasteiger charge is -2.25. The average molecular weight is 341 g/mol. The van der Waals surface area contributed by atoms with Crippen molar-refractivity contribution in [3.63, 3.8) is 0 Å². The first kappa shape index (κ1) is 22.1. The maximum Gasteiger partial charge on any atom is 0.408 e. The molecular formula is C17H31N3O4. The summed E-state index contributed by atoms with van der Waals surface area (Å²) in [5, 5.41) is 2.45. The maximum absolute atomic E-state index is 12.4. The van der Waals surface area contributed by atoms with Gasteiger partial charge in [0.25, 0.3) is 11.8 Å². The van der Waals surface area contributed by atoms with Gasteiger partial charge in [-0.2, -0.15) is 0 Å². The lowest BCUT2D eigenvalue weighted by Crippen LogP contribution is -2.50. The summed E-state index contributed by atoms with van der Waals surface area (Å²) in [7, 11) is 0. The van der Waals surface area contributed by atoms with Gasteiger partial charge in [0.2, 0.25) is 0 Å². The molecule has 0 saturated carbocycles. The number of nitrogens with two attached hydrogens (primary N) is 1. The number of imide groups is 1. The molecule has 0 aromatic rings. The van der Waals surface area contributed by atoms with Crippen molar-refractivity contribution in [2.75, 3.05) is 13.1 Å². The Morgan fingerprint density at radius 3 is 2.29 bits per heavy atom. The van der Waals surface area contributed by atoms with E-state index < -0.39 is 29.6 Å². The van der Waals surface area contributed by atoms with Crippen LogP contribution in [0, 0.1) is 0 Å². The molecule has 0 aliphatic rings. The van der Waals surface area contributed by atoms with Crippen molar-refractivity contribution in [3.05, 3.63) is 12.7 Å². The van der Waals surface area contributed by atoms with Crippen LogP contribution in [0.4, 0.5) is 4.79 Å². The molecule has 0 spiro atoms. The monoisotopic (exact) mass is 341 g/mol. The minimum Gasteiger partial charge on any atom is -0.444 e. The lowest BCUT2D eigenvalue weighted by atomic mass is 10.1. The fourth-order valence-electron chi connectivity index (χ4n) is 1.99. The van der Waals surface area contributed by atoms with Gasteiger partial charge in [0.1, 0.15) is 11.6 Å². The highest BCUT2D eigenvalue weighted by atomic mass is 16.6. The fourth-order valence-corrected chi connectivity index (χ4v) is 1.99. The zero-order chi connectivity index (χ0) is 18.8. The number of alkyl carbamates (subject to hydrolysis) is 1. The van der Waals surface area contributed by atoms with Crippen molar-refractivity contribution >= 4 is 17.9 Å². The van der Waals surface area contributed by atoms with Crippen LogP contribution >= 0.6 is 0 Å². The van der Waals surface area contributed by atoms with E-state index in [2.05, 4.69) is 11.9 Å². The predicted molar refractivity (Wildman–Crippen MR) is 93.3 cm³/mol. The Morgan fingerprint density at radius 1 is 1.21 bits per heavy atom.